The van der Waals surface area contributed by atoms with Crippen LogP contribution in [0.1, 0.15) is 36.9 Å². The van der Waals surface area contributed by atoms with Gasteiger partial charge >= 0.3 is 6.09 Å². The second kappa shape index (κ2) is 8.61. The van der Waals surface area contributed by atoms with E-state index in [-0.39, 0.29) is 6.09 Å². The van der Waals surface area contributed by atoms with Gasteiger partial charge in [-0.1, -0.05) is 24.3 Å². The Balaban J connectivity index is 1.45. The van der Waals surface area contributed by atoms with Gasteiger partial charge in [0.15, 0.2) is 12.0 Å². The van der Waals surface area contributed by atoms with E-state index in [0.717, 1.165) is 31.6 Å². The highest BCUT2D eigenvalue weighted by Gasteiger charge is 2.25. The lowest BCUT2D eigenvalue weighted by Gasteiger charge is -2.35. The summed E-state index contributed by atoms with van der Waals surface area (Å²) in [4.78, 5) is 27.0. The molecule has 6 heteroatoms. The zero-order valence-electron chi connectivity index (χ0n) is 16.8. The smallest absolute Gasteiger partial charge is 0.410 e. The molecular formula is C22H28N2O4. The van der Waals surface area contributed by atoms with Crippen molar-refractivity contribution in [1.82, 2.24) is 9.80 Å². The molecule has 0 radical (unpaired) electrons. The number of piperazine rings is 1. The first-order chi connectivity index (χ1) is 13.3. The molecule has 6 nitrogen and oxygen atoms in total. The van der Waals surface area contributed by atoms with Crippen LogP contribution in [-0.2, 0) is 11.2 Å². The molecule has 150 valence electrons. The van der Waals surface area contributed by atoms with Crippen molar-refractivity contribution in [3.63, 3.8) is 0 Å². The monoisotopic (exact) mass is 384 g/mol. The second-order valence-electron chi connectivity index (χ2n) is 8.08. The fourth-order valence-corrected chi connectivity index (χ4v) is 3.17. The first kappa shape index (κ1) is 20.1. The van der Waals surface area contributed by atoms with Crippen LogP contribution in [0.3, 0.4) is 0 Å². The van der Waals surface area contributed by atoms with Gasteiger partial charge in [-0.3, -0.25) is 9.69 Å². The van der Waals surface area contributed by atoms with Crippen LogP contribution in [-0.4, -0.2) is 60.5 Å². The normalized spacial score (nSPS) is 15.5. The number of rotatable bonds is 5. The summed E-state index contributed by atoms with van der Waals surface area (Å²) in [5.41, 5.74) is 1.76. The predicted molar refractivity (Wildman–Crippen MR) is 107 cm³/mol. The van der Waals surface area contributed by atoms with Gasteiger partial charge in [0.2, 0.25) is 0 Å². The van der Waals surface area contributed by atoms with E-state index in [1.54, 1.807) is 11.0 Å². The molecule has 1 saturated heterocycles. The maximum atomic E-state index is 12.1. The summed E-state index contributed by atoms with van der Waals surface area (Å²) in [5, 5.41) is 0. The van der Waals surface area contributed by atoms with Crippen molar-refractivity contribution in [2.24, 2.45) is 0 Å². The van der Waals surface area contributed by atoms with Gasteiger partial charge in [0.1, 0.15) is 11.4 Å². The molecule has 28 heavy (non-hydrogen) atoms. The minimum Gasteiger partial charge on any atom is -0.453 e. The van der Waals surface area contributed by atoms with Gasteiger partial charge < -0.3 is 14.1 Å². The number of carbonyl (C=O) groups is 2. The van der Waals surface area contributed by atoms with Crippen molar-refractivity contribution in [3.05, 3.63) is 47.7 Å². The third-order valence-corrected chi connectivity index (χ3v) is 4.72. The first-order valence-corrected chi connectivity index (χ1v) is 9.69. The van der Waals surface area contributed by atoms with E-state index < -0.39 is 5.60 Å². The SMILES string of the molecule is CC(C)(C)OC(=O)N1CCN(CCc2ccc(-c3ccc(C=O)o3)cc2)CC1. The number of amides is 1. The van der Waals surface area contributed by atoms with E-state index in [9.17, 15) is 9.59 Å². The number of benzene rings is 1. The molecule has 2 heterocycles. The number of hydrogen-bond acceptors (Lipinski definition) is 5. The van der Waals surface area contributed by atoms with Crippen LogP contribution in [0.4, 0.5) is 4.79 Å². The van der Waals surface area contributed by atoms with Crippen molar-refractivity contribution in [1.29, 1.82) is 0 Å². The Hall–Kier alpha value is -2.60. The Morgan fingerprint density at radius 2 is 1.75 bits per heavy atom. The summed E-state index contributed by atoms with van der Waals surface area (Å²) < 4.78 is 10.9. The van der Waals surface area contributed by atoms with Crippen LogP contribution >= 0.6 is 0 Å². The summed E-state index contributed by atoms with van der Waals surface area (Å²) in [6.45, 7) is 9.74. The third kappa shape index (κ3) is 5.45. The van der Waals surface area contributed by atoms with Crippen molar-refractivity contribution in [3.8, 4) is 11.3 Å². The molecule has 1 amide bonds. The Bertz CT molecular complexity index is 797. The van der Waals surface area contributed by atoms with Gasteiger partial charge in [-0.15, -0.1) is 0 Å². The van der Waals surface area contributed by atoms with E-state index in [0.29, 0.717) is 30.9 Å². The zero-order valence-corrected chi connectivity index (χ0v) is 16.8. The molecule has 0 saturated carbocycles. The highest BCUT2D eigenvalue weighted by molar-refractivity contribution is 5.72. The summed E-state index contributed by atoms with van der Waals surface area (Å²) >= 11 is 0. The summed E-state index contributed by atoms with van der Waals surface area (Å²) in [6.07, 6.45) is 1.43. The van der Waals surface area contributed by atoms with Crippen molar-refractivity contribution < 1.29 is 18.7 Å². The second-order valence-corrected chi connectivity index (χ2v) is 8.08. The molecule has 1 aromatic carbocycles. The Morgan fingerprint density at radius 1 is 1.07 bits per heavy atom. The average Bonchev–Trinajstić information content (AvgIpc) is 3.15. The highest BCUT2D eigenvalue weighted by Crippen LogP contribution is 2.22. The van der Waals surface area contributed by atoms with Crippen molar-refractivity contribution >= 4 is 12.4 Å². The van der Waals surface area contributed by atoms with Gasteiger partial charge in [-0.25, -0.2) is 4.79 Å². The number of aldehydes is 1. The van der Waals surface area contributed by atoms with Gasteiger partial charge in [0.25, 0.3) is 0 Å². The lowest BCUT2D eigenvalue weighted by Crippen LogP contribution is -2.50. The summed E-state index contributed by atoms with van der Waals surface area (Å²) in [5.74, 6) is 1.04. The number of ether oxygens (including phenoxy) is 1. The summed E-state index contributed by atoms with van der Waals surface area (Å²) in [7, 11) is 0. The minimum absolute atomic E-state index is 0.224. The quantitative estimate of drug-likeness (QED) is 0.733. The molecule has 0 atom stereocenters. The average molecular weight is 384 g/mol. The molecule has 1 aliphatic rings. The lowest BCUT2D eigenvalue weighted by atomic mass is 10.1. The van der Waals surface area contributed by atoms with Crippen molar-refractivity contribution in [2.75, 3.05) is 32.7 Å². The standard InChI is InChI=1S/C22H28N2O4/c1-22(2,3)28-21(26)24-14-12-23(13-15-24)11-10-17-4-6-18(7-5-17)20-9-8-19(16-25)27-20/h4-9,16H,10-15H2,1-3H3. The van der Waals surface area contributed by atoms with Crippen LogP contribution in [0.2, 0.25) is 0 Å². The molecule has 1 fully saturated rings. The Labute approximate surface area is 166 Å². The van der Waals surface area contributed by atoms with Crippen LogP contribution in [0, 0.1) is 0 Å². The molecule has 0 unspecified atom stereocenters. The molecule has 0 aliphatic carbocycles. The number of hydrogen-bond donors (Lipinski definition) is 0. The number of nitrogens with zero attached hydrogens (tertiary/aromatic N) is 2. The predicted octanol–water partition coefficient (Wildman–Crippen LogP) is 3.85. The van der Waals surface area contributed by atoms with Crippen molar-refractivity contribution in [2.45, 2.75) is 32.8 Å². The minimum atomic E-state index is -0.454. The Kier molecular flexibility index (Phi) is 6.19. The van der Waals surface area contributed by atoms with Gasteiger partial charge in [-0.2, -0.15) is 0 Å². The zero-order chi connectivity index (χ0) is 20.1. The summed E-state index contributed by atoms with van der Waals surface area (Å²) in [6, 6.07) is 11.7. The van der Waals surface area contributed by atoms with E-state index >= 15 is 0 Å². The fraction of sp³-hybridized carbons (Fsp3) is 0.455. The van der Waals surface area contributed by atoms with Gasteiger partial charge in [0.05, 0.1) is 0 Å². The van der Waals surface area contributed by atoms with Gasteiger partial charge in [-0.05, 0) is 44.9 Å². The maximum Gasteiger partial charge on any atom is 0.410 e. The molecule has 0 bridgehead atoms. The van der Waals surface area contributed by atoms with E-state index in [1.165, 1.54) is 5.56 Å². The third-order valence-electron chi connectivity index (χ3n) is 4.72. The fourth-order valence-electron chi connectivity index (χ4n) is 3.17. The Morgan fingerprint density at radius 3 is 2.32 bits per heavy atom. The van der Waals surface area contributed by atoms with Crippen LogP contribution in [0.5, 0.6) is 0 Å². The van der Waals surface area contributed by atoms with Crippen LogP contribution < -0.4 is 0 Å². The lowest BCUT2D eigenvalue weighted by molar-refractivity contribution is 0.0146. The topological polar surface area (TPSA) is 63.0 Å². The van der Waals surface area contributed by atoms with E-state index in [4.69, 9.17) is 9.15 Å². The van der Waals surface area contributed by atoms with E-state index in [1.807, 2.05) is 39.0 Å². The first-order valence-electron chi connectivity index (χ1n) is 9.69. The molecule has 1 aromatic heterocycles. The number of carbonyl (C=O) groups excluding carboxylic acids is 2. The largest absolute Gasteiger partial charge is 0.453 e. The van der Waals surface area contributed by atoms with Crippen LogP contribution in [0.15, 0.2) is 40.8 Å². The molecule has 3 rings (SSSR count). The maximum absolute atomic E-state index is 12.1. The number of furan rings is 1. The molecule has 0 N–H and O–H groups in total. The van der Waals surface area contributed by atoms with Gasteiger partial charge in [0, 0.05) is 38.3 Å². The molecule has 0 spiro atoms. The molecule has 1 aliphatic heterocycles. The highest BCUT2D eigenvalue weighted by atomic mass is 16.6. The van der Waals surface area contributed by atoms with Crippen LogP contribution in [0.25, 0.3) is 11.3 Å². The van der Waals surface area contributed by atoms with E-state index in [2.05, 4.69) is 17.0 Å². The molecular weight excluding hydrogens is 356 g/mol. The molecule has 2 aromatic rings.